The molecule has 1 aliphatic rings. The van der Waals surface area contributed by atoms with Crippen molar-refractivity contribution in [2.45, 2.75) is 12.6 Å². The molecule has 2 unspecified atom stereocenters. The van der Waals surface area contributed by atoms with E-state index in [1.54, 1.807) is 17.5 Å². The van der Waals surface area contributed by atoms with Crippen LogP contribution in [-0.2, 0) is 6.54 Å². The summed E-state index contributed by atoms with van der Waals surface area (Å²) in [5.41, 5.74) is 2.39. The molecular formula is C20H23ClN4O2S. The maximum absolute atomic E-state index is 12.8. The summed E-state index contributed by atoms with van der Waals surface area (Å²) in [5.74, 6) is -0.115. The van der Waals surface area contributed by atoms with Crippen LogP contribution in [0.3, 0.4) is 0 Å². The number of carbonyl (C=O) groups excluding carboxylic acids is 1. The Hall–Kier alpha value is -2.19. The molecule has 148 valence electrons. The molecule has 0 bridgehead atoms. The zero-order valence-corrected chi connectivity index (χ0v) is 16.9. The van der Waals surface area contributed by atoms with E-state index in [0.717, 1.165) is 10.4 Å². The molecule has 0 aliphatic carbocycles. The van der Waals surface area contributed by atoms with Crippen LogP contribution in [0.1, 0.15) is 15.9 Å². The first-order valence-corrected chi connectivity index (χ1v) is 9.91. The first-order chi connectivity index (χ1) is 13.2. The number of β-amino-alcohol motifs (C(OH)–C–C–N with tert-alkyl or cyclic N) is 1. The summed E-state index contributed by atoms with van der Waals surface area (Å²) in [5, 5.41) is 22.7. The van der Waals surface area contributed by atoms with E-state index >= 15 is 0 Å². The van der Waals surface area contributed by atoms with Gasteiger partial charge in [0, 0.05) is 31.7 Å². The van der Waals surface area contributed by atoms with Gasteiger partial charge < -0.3 is 15.7 Å². The molecule has 3 heterocycles. The molecule has 8 heteroatoms. The van der Waals surface area contributed by atoms with Gasteiger partial charge in [-0.25, -0.2) is 0 Å². The summed E-state index contributed by atoms with van der Waals surface area (Å²) in [4.78, 5) is 13.8. The monoisotopic (exact) mass is 418 g/mol. The van der Waals surface area contributed by atoms with Crippen LogP contribution in [0.5, 0.6) is 0 Å². The Bertz CT molecular complexity index is 898. The minimum atomic E-state index is -0.414. The van der Waals surface area contributed by atoms with Crippen molar-refractivity contribution in [2.75, 3.05) is 19.6 Å². The van der Waals surface area contributed by atoms with Gasteiger partial charge in [-0.3, -0.25) is 9.48 Å². The standard InChI is InChI=1S/C20H22N4O2S.ClH/c25-17-11-21-9-15(17)10-22-20(26)16-13-24(12-14-5-2-1-3-6-14)23-19(16)18-7-4-8-27-18;/h1-8,13,15,17,21,25H,9-12H2,(H,22,26);1H. The fourth-order valence-electron chi connectivity index (χ4n) is 3.28. The van der Waals surface area contributed by atoms with Crippen molar-refractivity contribution in [3.05, 3.63) is 65.2 Å². The average Bonchev–Trinajstić information content (AvgIpc) is 3.41. The lowest BCUT2D eigenvalue weighted by Crippen LogP contribution is -2.34. The van der Waals surface area contributed by atoms with Crippen molar-refractivity contribution in [3.8, 4) is 10.6 Å². The first kappa shape index (κ1) is 20.5. The lowest BCUT2D eigenvalue weighted by Gasteiger charge is -2.13. The van der Waals surface area contributed by atoms with Gasteiger partial charge in [-0.2, -0.15) is 5.10 Å². The van der Waals surface area contributed by atoms with Crippen LogP contribution in [-0.4, -0.2) is 46.5 Å². The van der Waals surface area contributed by atoms with E-state index in [-0.39, 0.29) is 24.2 Å². The van der Waals surface area contributed by atoms with E-state index in [9.17, 15) is 9.90 Å². The molecule has 1 aliphatic heterocycles. The molecule has 0 radical (unpaired) electrons. The summed E-state index contributed by atoms with van der Waals surface area (Å²) >= 11 is 1.57. The summed E-state index contributed by atoms with van der Waals surface area (Å²) < 4.78 is 1.81. The molecular weight excluding hydrogens is 396 g/mol. The van der Waals surface area contributed by atoms with Gasteiger partial charge in [0.05, 0.1) is 23.1 Å². The number of hydrogen-bond acceptors (Lipinski definition) is 5. The van der Waals surface area contributed by atoms with Crippen molar-refractivity contribution in [1.82, 2.24) is 20.4 Å². The Morgan fingerprint density at radius 1 is 1.25 bits per heavy atom. The van der Waals surface area contributed by atoms with E-state index in [1.165, 1.54) is 0 Å². The zero-order chi connectivity index (χ0) is 18.6. The van der Waals surface area contributed by atoms with E-state index < -0.39 is 6.10 Å². The van der Waals surface area contributed by atoms with E-state index in [2.05, 4.69) is 15.7 Å². The van der Waals surface area contributed by atoms with Crippen molar-refractivity contribution < 1.29 is 9.90 Å². The van der Waals surface area contributed by atoms with Gasteiger partial charge in [-0.05, 0) is 17.0 Å². The zero-order valence-electron chi connectivity index (χ0n) is 15.2. The van der Waals surface area contributed by atoms with E-state index in [1.807, 2.05) is 52.5 Å². The molecule has 1 saturated heterocycles. The Kier molecular flexibility index (Phi) is 6.85. The highest BCUT2D eigenvalue weighted by Crippen LogP contribution is 2.27. The molecule has 2 atom stereocenters. The molecule has 3 N–H and O–H groups in total. The van der Waals surface area contributed by atoms with Crippen LogP contribution < -0.4 is 10.6 Å². The number of amides is 1. The van der Waals surface area contributed by atoms with Crippen molar-refractivity contribution in [1.29, 1.82) is 0 Å². The second kappa shape index (κ2) is 9.34. The second-order valence-electron chi connectivity index (χ2n) is 6.75. The second-order valence-corrected chi connectivity index (χ2v) is 7.70. The predicted octanol–water partition coefficient (Wildman–Crippen LogP) is 2.39. The maximum atomic E-state index is 12.8. The number of aliphatic hydroxyl groups excluding tert-OH is 1. The van der Waals surface area contributed by atoms with Gasteiger partial charge in [-0.1, -0.05) is 36.4 Å². The lowest BCUT2D eigenvalue weighted by molar-refractivity contribution is 0.0927. The molecule has 2 aromatic heterocycles. The van der Waals surface area contributed by atoms with Crippen LogP contribution >= 0.6 is 23.7 Å². The van der Waals surface area contributed by atoms with Crippen molar-refractivity contribution >= 4 is 29.7 Å². The van der Waals surface area contributed by atoms with Crippen LogP contribution in [0, 0.1) is 5.92 Å². The molecule has 0 spiro atoms. The SMILES string of the molecule is Cl.O=C(NCC1CNCC1O)c1cn(Cc2ccccc2)nc1-c1cccs1. The fourth-order valence-corrected chi connectivity index (χ4v) is 4.00. The number of aromatic nitrogens is 2. The lowest BCUT2D eigenvalue weighted by atomic mass is 10.1. The number of thiophene rings is 1. The molecule has 28 heavy (non-hydrogen) atoms. The van der Waals surface area contributed by atoms with Crippen molar-refractivity contribution in [3.63, 3.8) is 0 Å². The van der Waals surface area contributed by atoms with Gasteiger partial charge in [0.2, 0.25) is 0 Å². The highest BCUT2D eigenvalue weighted by atomic mass is 35.5. The van der Waals surface area contributed by atoms with E-state index in [0.29, 0.717) is 37.4 Å². The van der Waals surface area contributed by atoms with Crippen molar-refractivity contribution in [2.24, 2.45) is 5.92 Å². The van der Waals surface area contributed by atoms with Gasteiger partial charge in [0.25, 0.3) is 5.91 Å². The van der Waals surface area contributed by atoms with Gasteiger partial charge in [0.1, 0.15) is 5.69 Å². The number of nitrogens with one attached hydrogen (secondary N) is 2. The number of halogens is 1. The van der Waals surface area contributed by atoms with Crippen LogP contribution in [0.2, 0.25) is 0 Å². The number of aliphatic hydroxyl groups is 1. The minimum Gasteiger partial charge on any atom is -0.391 e. The molecule has 6 nitrogen and oxygen atoms in total. The van der Waals surface area contributed by atoms with E-state index in [4.69, 9.17) is 0 Å². The number of rotatable bonds is 6. The number of nitrogens with zero attached hydrogens (tertiary/aromatic N) is 2. The maximum Gasteiger partial charge on any atom is 0.255 e. The smallest absolute Gasteiger partial charge is 0.255 e. The molecule has 1 fully saturated rings. The molecule has 4 rings (SSSR count). The summed E-state index contributed by atoms with van der Waals surface area (Å²) in [7, 11) is 0. The number of benzene rings is 1. The van der Waals surface area contributed by atoms with Gasteiger partial charge in [0.15, 0.2) is 0 Å². The quantitative estimate of drug-likeness (QED) is 0.574. The Balaban J connectivity index is 0.00000225. The summed E-state index contributed by atoms with van der Waals surface area (Å²) in [6.07, 6.45) is 1.39. The molecule has 0 saturated carbocycles. The van der Waals surface area contributed by atoms with Crippen LogP contribution in [0.4, 0.5) is 0 Å². The topological polar surface area (TPSA) is 79.2 Å². The third-order valence-electron chi connectivity index (χ3n) is 4.78. The normalized spacial score (nSPS) is 18.6. The molecule has 1 aromatic carbocycles. The third-order valence-corrected chi connectivity index (χ3v) is 5.65. The first-order valence-electron chi connectivity index (χ1n) is 9.03. The molecule has 1 amide bonds. The molecule has 3 aromatic rings. The summed E-state index contributed by atoms with van der Waals surface area (Å²) in [6.45, 7) is 2.35. The largest absolute Gasteiger partial charge is 0.391 e. The Morgan fingerprint density at radius 2 is 2.07 bits per heavy atom. The Labute approximate surface area is 174 Å². The van der Waals surface area contributed by atoms with Crippen LogP contribution in [0.15, 0.2) is 54.0 Å². The number of hydrogen-bond donors (Lipinski definition) is 3. The predicted molar refractivity (Wildman–Crippen MR) is 113 cm³/mol. The van der Waals surface area contributed by atoms with Crippen LogP contribution in [0.25, 0.3) is 10.6 Å². The Morgan fingerprint density at radius 3 is 2.75 bits per heavy atom. The average molecular weight is 419 g/mol. The fraction of sp³-hybridized carbons (Fsp3) is 0.300. The minimum absolute atomic E-state index is 0. The van der Waals surface area contributed by atoms with Gasteiger partial charge in [-0.15, -0.1) is 23.7 Å². The highest BCUT2D eigenvalue weighted by Gasteiger charge is 2.26. The number of carbonyl (C=O) groups is 1. The highest BCUT2D eigenvalue weighted by molar-refractivity contribution is 7.13. The third kappa shape index (κ3) is 4.62. The van der Waals surface area contributed by atoms with Gasteiger partial charge >= 0.3 is 0 Å². The summed E-state index contributed by atoms with van der Waals surface area (Å²) in [6, 6.07) is 14.0.